The zero-order chi connectivity index (χ0) is 57.8. The molecule has 0 saturated heterocycles. The lowest BCUT2D eigenvalue weighted by Gasteiger charge is -2.18. The summed E-state index contributed by atoms with van der Waals surface area (Å²) in [5.74, 6) is -0.930. The van der Waals surface area contributed by atoms with E-state index in [2.05, 4.69) is 154 Å². The van der Waals surface area contributed by atoms with Crippen molar-refractivity contribution < 1.29 is 28.6 Å². The Hall–Kier alpha value is -4.45. The van der Waals surface area contributed by atoms with Gasteiger partial charge >= 0.3 is 17.9 Å². The van der Waals surface area contributed by atoms with Crippen molar-refractivity contribution in [3.05, 3.63) is 134 Å². The summed E-state index contributed by atoms with van der Waals surface area (Å²) in [7, 11) is 0. The van der Waals surface area contributed by atoms with E-state index in [0.29, 0.717) is 19.3 Å². The van der Waals surface area contributed by atoms with Crippen LogP contribution in [0.2, 0.25) is 0 Å². The Bertz CT molecular complexity index is 1700. The summed E-state index contributed by atoms with van der Waals surface area (Å²) in [6, 6.07) is 0. The molecule has 0 aliphatic carbocycles. The van der Waals surface area contributed by atoms with Crippen molar-refractivity contribution in [2.24, 2.45) is 0 Å². The predicted molar refractivity (Wildman–Crippen MR) is 348 cm³/mol. The highest BCUT2D eigenvalue weighted by molar-refractivity contribution is 5.71. The minimum Gasteiger partial charge on any atom is -0.462 e. The standard InChI is InChI=1S/C74H122O6/c1-4-7-10-13-16-19-22-25-27-29-31-32-33-34-35-36-37-38-39-40-41-42-43-45-46-49-52-55-58-61-64-67-73(76)79-70-71(69-78-72(75)66-63-60-57-54-51-48-24-21-18-15-12-9-6-3)80-74(77)68-65-62-59-56-53-50-47-44-30-28-26-23-20-17-14-11-8-5-2/h7,9-10,12,16,18-21,23,25,27-28,30-32,34-35,37-38,48,51,71H,4-6,8,11,13-15,17,22,24,26,29,33,36,39-47,49-50,52-70H2,1-3H3/b10-7-,12-9-,19-16-,21-18-,23-20-,27-25-,30-28-,32-31-,35-34-,38-37-,51-48-. The summed E-state index contributed by atoms with van der Waals surface area (Å²) in [6.45, 7) is 6.37. The molecular weight excluding hydrogens is 985 g/mol. The second-order valence-corrected chi connectivity index (χ2v) is 21.6. The molecule has 0 N–H and O–H groups in total. The Kier molecular flexibility index (Phi) is 63.3. The third-order valence-corrected chi connectivity index (χ3v) is 13.9. The molecular formula is C74H122O6. The maximum atomic E-state index is 12.9. The third kappa shape index (κ3) is 64.4. The van der Waals surface area contributed by atoms with E-state index in [-0.39, 0.29) is 31.1 Å². The number of ether oxygens (including phenoxy) is 3. The molecule has 454 valence electrons. The molecule has 6 heteroatoms. The quantitative estimate of drug-likeness (QED) is 0.0261. The molecule has 0 aromatic carbocycles. The van der Waals surface area contributed by atoms with Gasteiger partial charge in [0.15, 0.2) is 6.10 Å². The summed E-state index contributed by atoms with van der Waals surface area (Å²) in [4.78, 5) is 38.3. The lowest BCUT2D eigenvalue weighted by molar-refractivity contribution is -0.167. The van der Waals surface area contributed by atoms with Gasteiger partial charge in [-0.15, -0.1) is 0 Å². The molecule has 1 unspecified atom stereocenters. The number of hydrogen-bond donors (Lipinski definition) is 0. The van der Waals surface area contributed by atoms with Gasteiger partial charge in [-0.1, -0.05) is 276 Å². The van der Waals surface area contributed by atoms with Gasteiger partial charge in [0.1, 0.15) is 13.2 Å². The van der Waals surface area contributed by atoms with Crippen LogP contribution in [0.1, 0.15) is 297 Å². The number of esters is 3. The van der Waals surface area contributed by atoms with Crippen molar-refractivity contribution in [1.29, 1.82) is 0 Å². The zero-order valence-electron chi connectivity index (χ0n) is 52.0. The monoisotopic (exact) mass is 1110 g/mol. The van der Waals surface area contributed by atoms with E-state index >= 15 is 0 Å². The van der Waals surface area contributed by atoms with Crippen molar-refractivity contribution in [2.75, 3.05) is 13.2 Å². The van der Waals surface area contributed by atoms with Crippen LogP contribution in [0, 0.1) is 0 Å². The van der Waals surface area contributed by atoms with Crippen LogP contribution in [0.5, 0.6) is 0 Å². The number of unbranched alkanes of at least 4 members (excludes halogenated alkanes) is 26. The Labute approximate surface area is 494 Å². The summed E-state index contributed by atoms with van der Waals surface area (Å²) in [5, 5.41) is 0. The largest absolute Gasteiger partial charge is 0.462 e. The molecule has 0 aliphatic rings. The molecule has 0 aliphatic heterocycles. The molecule has 0 saturated carbocycles. The molecule has 0 fully saturated rings. The third-order valence-electron chi connectivity index (χ3n) is 13.9. The molecule has 0 heterocycles. The summed E-state index contributed by atoms with van der Waals surface area (Å²) in [5.41, 5.74) is 0. The first kappa shape index (κ1) is 75.5. The summed E-state index contributed by atoms with van der Waals surface area (Å²) in [6.07, 6.45) is 94.7. The molecule has 1 atom stereocenters. The van der Waals surface area contributed by atoms with E-state index in [9.17, 15) is 14.4 Å². The molecule has 0 radical (unpaired) electrons. The summed E-state index contributed by atoms with van der Waals surface area (Å²) >= 11 is 0. The van der Waals surface area contributed by atoms with Gasteiger partial charge in [-0.3, -0.25) is 14.4 Å². The number of allylic oxidation sites excluding steroid dienone is 22. The second-order valence-electron chi connectivity index (χ2n) is 21.6. The maximum Gasteiger partial charge on any atom is 0.306 e. The smallest absolute Gasteiger partial charge is 0.306 e. The minimum absolute atomic E-state index is 0.0939. The van der Waals surface area contributed by atoms with Crippen molar-refractivity contribution in [2.45, 2.75) is 303 Å². The van der Waals surface area contributed by atoms with Crippen LogP contribution < -0.4 is 0 Å². The van der Waals surface area contributed by atoms with Crippen molar-refractivity contribution in [3.8, 4) is 0 Å². The van der Waals surface area contributed by atoms with Gasteiger partial charge in [0.2, 0.25) is 0 Å². The van der Waals surface area contributed by atoms with Gasteiger partial charge in [-0.2, -0.15) is 0 Å². The molecule has 80 heavy (non-hydrogen) atoms. The van der Waals surface area contributed by atoms with E-state index in [1.165, 1.54) is 122 Å². The Morgan fingerprint density at radius 1 is 0.263 bits per heavy atom. The number of hydrogen-bond acceptors (Lipinski definition) is 6. The van der Waals surface area contributed by atoms with E-state index in [1.54, 1.807) is 0 Å². The fourth-order valence-electron chi connectivity index (χ4n) is 8.96. The van der Waals surface area contributed by atoms with Crippen LogP contribution in [0.25, 0.3) is 0 Å². The summed E-state index contributed by atoms with van der Waals surface area (Å²) < 4.78 is 16.9. The molecule has 6 nitrogen and oxygen atoms in total. The molecule has 0 spiro atoms. The predicted octanol–water partition coefficient (Wildman–Crippen LogP) is 22.9. The van der Waals surface area contributed by atoms with Gasteiger partial charge < -0.3 is 14.2 Å². The zero-order valence-corrected chi connectivity index (χ0v) is 52.0. The van der Waals surface area contributed by atoms with Crippen molar-refractivity contribution in [3.63, 3.8) is 0 Å². The van der Waals surface area contributed by atoms with E-state index < -0.39 is 6.10 Å². The van der Waals surface area contributed by atoms with Crippen LogP contribution in [0.3, 0.4) is 0 Å². The number of rotatable bonds is 59. The number of carbonyl (C=O) groups is 3. The van der Waals surface area contributed by atoms with Crippen LogP contribution in [0.15, 0.2) is 134 Å². The van der Waals surface area contributed by atoms with Gasteiger partial charge in [0.05, 0.1) is 0 Å². The lowest BCUT2D eigenvalue weighted by Crippen LogP contribution is -2.30. The van der Waals surface area contributed by atoms with E-state index in [0.717, 1.165) is 135 Å². The van der Waals surface area contributed by atoms with Gasteiger partial charge in [-0.05, 0) is 135 Å². The van der Waals surface area contributed by atoms with Crippen LogP contribution in [0.4, 0.5) is 0 Å². The van der Waals surface area contributed by atoms with Crippen LogP contribution in [-0.4, -0.2) is 37.2 Å². The van der Waals surface area contributed by atoms with Gasteiger partial charge in [0, 0.05) is 19.3 Å². The fourth-order valence-corrected chi connectivity index (χ4v) is 8.96. The Morgan fingerprint density at radius 3 is 0.775 bits per heavy atom. The first-order valence-electron chi connectivity index (χ1n) is 33.2. The van der Waals surface area contributed by atoms with Crippen LogP contribution in [-0.2, 0) is 28.6 Å². The van der Waals surface area contributed by atoms with Crippen molar-refractivity contribution >= 4 is 17.9 Å². The Morgan fingerprint density at radius 2 is 0.487 bits per heavy atom. The SMILES string of the molecule is CC/C=C\C/C=C\C/C=C\C/C=C\C/C=C\C/C=C\CCCCCCCCCCCCCCC(=O)OCC(COC(=O)CCCCC/C=C\C/C=C\C/C=C\CC)OC(=O)CCCCCCCCC/C=C\C/C=C\CCCCCC. The molecule has 0 rings (SSSR count). The fraction of sp³-hybridized carbons (Fsp3) is 0.662. The topological polar surface area (TPSA) is 78.9 Å². The van der Waals surface area contributed by atoms with E-state index in [1.807, 2.05) is 0 Å². The highest BCUT2D eigenvalue weighted by Crippen LogP contribution is 2.16. The van der Waals surface area contributed by atoms with Gasteiger partial charge in [0.25, 0.3) is 0 Å². The Balaban J connectivity index is 4.29. The average molecular weight is 1110 g/mol. The average Bonchev–Trinajstić information content (AvgIpc) is 3.46. The maximum absolute atomic E-state index is 12.9. The molecule has 0 aromatic heterocycles. The first-order valence-corrected chi connectivity index (χ1v) is 33.2. The highest BCUT2D eigenvalue weighted by Gasteiger charge is 2.19. The van der Waals surface area contributed by atoms with E-state index in [4.69, 9.17) is 14.2 Å². The van der Waals surface area contributed by atoms with Crippen molar-refractivity contribution in [1.82, 2.24) is 0 Å². The second kappa shape index (κ2) is 67.1. The molecule has 0 bridgehead atoms. The molecule has 0 aromatic rings. The normalized spacial score (nSPS) is 13.0. The van der Waals surface area contributed by atoms with Crippen LogP contribution >= 0.6 is 0 Å². The van der Waals surface area contributed by atoms with Gasteiger partial charge in [-0.25, -0.2) is 0 Å². The first-order chi connectivity index (χ1) is 39.5. The minimum atomic E-state index is -0.800. The number of carbonyl (C=O) groups excluding carboxylic acids is 3. The molecule has 0 amide bonds. The highest BCUT2D eigenvalue weighted by atomic mass is 16.6. The lowest BCUT2D eigenvalue weighted by atomic mass is 10.0.